The molecule has 4 nitrogen and oxygen atoms in total. The van der Waals surface area contributed by atoms with E-state index in [1.54, 1.807) is 0 Å². The van der Waals surface area contributed by atoms with Crippen LogP contribution in [-0.4, -0.2) is 31.3 Å². The van der Waals surface area contributed by atoms with Crippen molar-refractivity contribution in [1.29, 1.82) is 5.26 Å². The topological polar surface area (TPSA) is 59.3 Å². The number of nitriles is 1. The van der Waals surface area contributed by atoms with E-state index in [2.05, 4.69) is 28.4 Å². The highest BCUT2D eigenvalue weighted by Gasteiger charge is 2.42. The van der Waals surface area contributed by atoms with Crippen LogP contribution in [0.2, 0.25) is 0 Å². The average molecular weight is 271 g/mol. The van der Waals surface area contributed by atoms with Gasteiger partial charge in [-0.3, -0.25) is 0 Å². The van der Waals surface area contributed by atoms with E-state index >= 15 is 0 Å². The second kappa shape index (κ2) is 5.43. The second-order valence-corrected chi connectivity index (χ2v) is 5.97. The van der Waals surface area contributed by atoms with Gasteiger partial charge in [-0.2, -0.15) is 5.26 Å². The number of fused-ring (bicyclic) bond motifs is 1. The van der Waals surface area contributed by atoms with E-state index in [-0.39, 0.29) is 6.10 Å². The summed E-state index contributed by atoms with van der Waals surface area (Å²) in [6, 6.07) is 8.42. The van der Waals surface area contributed by atoms with Crippen molar-refractivity contribution >= 4 is 5.69 Å². The Balaban J connectivity index is 1.83. The zero-order chi connectivity index (χ0) is 14.1. The van der Waals surface area contributed by atoms with Crippen LogP contribution in [0, 0.1) is 23.2 Å². The minimum Gasteiger partial charge on any atom is -0.393 e. The molecule has 0 amide bonds. The lowest BCUT2D eigenvalue weighted by Gasteiger charge is -2.22. The Labute approximate surface area is 120 Å². The van der Waals surface area contributed by atoms with Gasteiger partial charge in [-0.15, -0.1) is 0 Å². The van der Waals surface area contributed by atoms with Gasteiger partial charge in [-0.05, 0) is 43.5 Å². The first-order valence-electron chi connectivity index (χ1n) is 7.33. The predicted octanol–water partition coefficient (Wildman–Crippen LogP) is 1.48. The van der Waals surface area contributed by atoms with Gasteiger partial charge in [0.05, 0.1) is 17.4 Å². The maximum Gasteiger partial charge on any atom is 0.101 e. The summed E-state index contributed by atoms with van der Waals surface area (Å²) in [5.41, 5.74) is 2.90. The summed E-state index contributed by atoms with van der Waals surface area (Å²) in [7, 11) is 1.91. The molecule has 1 saturated heterocycles. The van der Waals surface area contributed by atoms with E-state index in [9.17, 15) is 10.4 Å². The summed E-state index contributed by atoms with van der Waals surface area (Å²) in [5, 5.41) is 22.5. The Morgan fingerprint density at radius 3 is 2.95 bits per heavy atom. The summed E-state index contributed by atoms with van der Waals surface area (Å²) in [6.07, 6.45) is 1.90. The molecule has 20 heavy (non-hydrogen) atoms. The maximum absolute atomic E-state index is 10.0. The molecule has 1 heterocycles. The highest BCUT2D eigenvalue weighted by molar-refractivity contribution is 5.61. The number of rotatable bonds is 3. The fourth-order valence-corrected chi connectivity index (χ4v) is 3.70. The molecule has 1 saturated carbocycles. The smallest absolute Gasteiger partial charge is 0.101 e. The molecule has 0 aromatic heterocycles. The summed E-state index contributed by atoms with van der Waals surface area (Å²) < 4.78 is 0. The number of aliphatic hydroxyl groups is 1. The van der Waals surface area contributed by atoms with Gasteiger partial charge in [-0.25, -0.2) is 0 Å². The van der Waals surface area contributed by atoms with E-state index in [0.29, 0.717) is 11.8 Å². The minimum atomic E-state index is -0.154. The van der Waals surface area contributed by atoms with E-state index < -0.39 is 0 Å². The van der Waals surface area contributed by atoms with Crippen molar-refractivity contribution in [2.75, 3.05) is 25.0 Å². The number of aliphatic hydroxyl groups excluding tert-OH is 1. The molecule has 1 aromatic rings. The summed E-state index contributed by atoms with van der Waals surface area (Å²) >= 11 is 0. The largest absolute Gasteiger partial charge is 0.393 e. The zero-order valence-corrected chi connectivity index (χ0v) is 11.8. The van der Waals surface area contributed by atoms with Crippen LogP contribution in [0.4, 0.5) is 5.69 Å². The van der Waals surface area contributed by atoms with Gasteiger partial charge in [-0.1, -0.05) is 6.07 Å². The van der Waals surface area contributed by atoms with Crippen LogP contribution >= 0.6 is 0 Å². The number of nitrogens with one attached hydrogen (secondary N) is 1. The van der Waals surface area contributed by atoms with Gasteiger partial charge in [0.1, 0.15) is 6.07 Å². The third-order valence-corrected chi connectivity index (χ3v) is 4.72. The number of anilines is 1. The van der Waals surface area contributed by atoms with Gasteiger partial charge in [0, 0.05) is 25.6 Å². The standard InChI is InChI=1S/C16H21N3O/c1-18-8-11-2-4-15(13(6-11)7-17)19-9-12-3-5-16(20)14(12)10-19/h2,4,6,12,14,16,18,20H,3,5,8-10H2,1H3. The number of nitrogens with zero attached hydrogens (tertiary/aromatic N) is 2. The SMILES string of the molecule is CNCc1ccc(N2CC3CCC(O)C3C2)c(C#N)c1. The Bertz CT molecular complexity index is 537. The average Bonchev–Trinajstić information content (AvgIpc) is 3.02. The zero-order valence-electron chi connectivity index (χ0n) is 11.8. The van der Waals surface area contributed by atoms with Crippen molar-refractivity contribution in [2.24, 2.45) is 11.8 Å². The molecule has 3 rings (SSSR count). The number of hydrogen-bond acceptors (Lipinski definition) is 4. The van der Waals surface area contributed by atoms with Crippen LogP contribution in [0.5, 0.6) is 0 Å². The van der Waals surface area contributed by atoms with Crippen molar-refractivity contribution in [3.05, 3.63) is 29.3 Å². The normalized spacial score (nSPS) is 28.4. The van der Waals surface area contributed by atoms with Gasteiger partial charge in [0.15, 0.2) is 0 Å². The Hall–Kier alpha value is -1.57. The molecule has 1 aliphatic carbocycles. The molecule has 2 aliphatic rings. The molecule has 2 N–H and O–H groups in total. The molecular weight excluding hydrogens is 250 g/mol. The molecule has 3 atom stereocenters. The van der Waals surface area contributed by atoms with Crippen LogP contribution in [0.1, 0.15) is 24.0 Å². The fraction of sp³-hybridized carbons (Fsp3) is 0.562. The van der Waals surface area contributed by atoms with Crippen LogP contribution in [0.15, 0.2) is 18.2 Å². The van der Waals surface area contributed by atoms with Gasteiger partial charge in [0.25, 0.3) is 0 Å². The van der Waals surface area contributed by atoms with Crippen molar-refractivity contribution in [3.63, 3.8) is 0 Å². The molecule has 3 unspecified atom stereocenters. The number of hydrogen-bond donors (Lipinski definition) is 2. The molecule has 106 valence electrons. The van der Waals surface area contributed by atoms with Crippen molar-refractivity contribution in [2.45, 2.75) is 25.5 Å². The van der Waals surface area contributed by atoms with E-state index in [1.807, 2.05) is 13.1 Å². The molecule has 4 heteroatoms. The Morgan fingerprint density at radius 1 is 1.40 bits per heavy atom. The Morgan fingerprint density at radius 2 is 2.25 bits per heavy atom. The molecule has 2 fully saturated rings. The second-order valence-electron chi connectivity index (χ2n) is 5.97. The lowest BCUT2D eigenvalue weighted by Crippen LogP contribution is -2.25. The molecule has 0 bridgehead atoms. The van der Waals surface area contributed by atoms with Gasteiger partial charge < -0.3 is 15.3 Å². The van der Waals surface area contributed by atoms with Crippen LogP contribution in [0.25, 0.3) is 0 Å². The first kappa shape index (κ1) is 13.4. The summed E-state index contributed by atoms with van der Waals surface area (Å²) in [6.45, 7) is 2.63. The summed E-state index contributed by atoms with van der Waals surface area (Å²) in [5.74, 6) is 0.979. The van der Waals surface area contributed by atoms with Crippen molar-refractivity contribution in [3.8, 4) is 6.07 Å². The molecule has 1 aliphatic heterocycles. The third-order valence-electron chi connectivity index (χ3n) is 4.72. The highest BCUT2D eigenvalue weighted by atomic mass is 16.3. The quantitative estimate of drug-likeness (QED) is 0.874. The highest BCUT2D eigenvalue weighted by Crippen LogP contribution is 2.40. The minimum absolute atomic E-state index is 0.154. The molecule has 1 aromatic carbocycles. The molecular formula is C16H21N3O. The van der Waals surface area contributed by atoms with Crippen molar-refractivity contribution < 1.29 is 5.11 Å². The molecule has 0 radical (unpaired) electrons. The number of benzene rings is 1. The lowest BCUT2D eigenvalue weighted by atomic mass is 10.00. The van der Waals surface area contributed by atoms with Crippen molar-refractivity contribution in [1.82, 2.24) is 5.32 Å². The predicted molar refractivity (Wildman–Crippen MR) is 78.4 cm³/mol. The van der Waals surface area contributed by atoms with Crippen LogP contribution in [0.3, 0.4) is 0 Å². The Kier molecular flexibility index (Phi) is 3.64. The maximum atomic E-state index is 10.0. The first-order chi connectivity index (χ1) is 9.72. The van der Waals surface area contributed by atoms with Crippen LogP contribution in [-0.2, 0) is 6.54 Å². The van der Waals surface area contributed by atoms with E-state index in [0.717, 1.165) is 49.3 Å². The monoisotopic (exact) mass is 271 g/mol. The van der Waals surface area contributed by atoms with Crippen LogP contribution < -0.4 is 10.2 Å². The summed E-state index contributed by atoms with van der Waals surface area (Å²) in [4.78, 5) is 2.28. The third kappa shape index (κ3) is 2.28. The molecule has 0 spiro atoms. The van der Waals surface area contributed by atoms with Gasteiger partial charge >= 0.3 is 0 Å². The van der Waals surface area contributed by atoms with E-state index in [4.69, 9.17) is 0 Å². The lowest BCUT2D eigenvalue weighted by molar-refractivity contribution is 0.133. The fourth-order valence-electron chi connectivity index (χ4n) is 3.70. The van der Waals surface area contributed by atoms with Gasteiger partial charge in [0.2, 0.25) is 0 Å². The van der Waals surface area contributed by atoms with E-state index in [1.165, 1.54) is 0 Å². The first-order valence-corrected chi connectivity index (χ1v) is 7.33.